The molecule has 0 aliphatic heterocycles. The SMILES string of the molecule is CCC(N)(CC)c1ccc2cc(C(=O)O)oc2c1. The van der Waals surface area contributed by atoms with Gasteiger partial charge in [-0.25, -0.2) is 4.79 Å². The number of carboxylic acids is 1. The zero-order valence-corrected chi connectivity index (χ0v) is 10.6. The van der Waals surface area contributed by atoms with Crippen molar-refractivity contribution in [2.75, 3.05) is 0 Å². The normalized spacial score (nSPS) is 11.9. The molecule has 0 amide bonds. The molecule has 1 aromatic carbocycles. The Balaban J connectivity index is 2.53. The molecule has 2 aromatic rings. The summed E-state index contributed by atoms with van der Waals surface area (Å²) < 4.78 is 5.30. The molecular formula is C14H17NO3. The van der Waals surface area contributed by atoms with E-state index < -0.39 is 5.97 Å². The van der Waals surface area contributed by atoms with Gasteiger partial charge in [-0.1, -0.05) is 26.0 Å². The first-order valence-corrected chi connectivity index (χ1v) is 6.06. The Morgan fingerprint density at radius 1 is 1.33 bits per heavy atom. The van der Waals surface area contributed by atoms with Crippen LogP contribution >= 0.6 is 0 Å². The summed E-state index contributed by atoms with van der Waals surface area (Å²) in [5.41, 5.74) is 7.48. The van der Waals surface area contributed by atoms with Crippen LogP contribution in [0.15, 0.2) is 28.7 Å². The molecule has 0 unspecified atom stereocenters. The lowest BCUT2D eigenvalue weighted by atomic mass is 9.85. The Bertz CT molecular complexity index is 582. The summed E-state index contributed by atoms with van der Waals surface area (Å²) in [6, 6.07) is 7.16. The fourth-order valence-corrected chi connectivity index (χ4v) is 2.10. The minimum atomic E-state index is -1.06. The van der Waals surface area contributed by atoms with Gasteiger partial charge in [-0.15, -0.1) is 0 Å². The number of hydrogen-bond donors (Lipinski definition) is 2. The van der Waals surface area contributed by atoms with Gasteiger partial charge in [-0.3, -0.25) is 0 Å². The predicted molar refractivity (Wildman–Crippen MR) is 69.6 cm³/mol. The second-order valence-corrected chi connectivity index (χ2v) is 4.53. The molecule has 3 N–H and O–H groups in total. The van der Waals surface area contributed by atoms with Crippen LogP contribution in [0.5, 0.6) is 0 Å². The van der Waals surface area contributed by atoms with Crippen molar-refractivity contribution in [2.24, 2.45) is 5.73 Å². The molecule has 0 bridgehead atoms. The number of furan rings is 1. The Morgan fingerprint density at radius 2 is 2.00 bits per heavy atom. The monoisotopic (exact) mass is 247 g/mol. The number of carbonyl (C=O) groups is 1. The molecule has 0 saturated carbocycles. The van der Waals surface area contributed by atoms with E-state index in [9.17, 15) is 4.79 Å². The quantitative estimate of drug-likeness (QED) is 0.870. The number of fused-ring (bicyclic) bond motifs is 1. The van der Waals surface area contributed by atoms with Gasteiger partial charge in [-0.05, 0) is 30.5 Å². The molecule has 1 heterocycles. The van der Waals surface area contributed by atoms with Crippen LogP contribution in [0.1, 0.15) is 42.8 Å². The second-order valence-electron chi connectivity index (χ2n) is 4.53. The Hall–Kier alpha value is -1.81. The van der Waals surface area contributed by atoms with Crippen molar-refractivity contribution in [1.82, 2.24) is 0 Å². The van der Waals surface area contributed by atoms with Crippen LogP contribution < -0.4 is 5.73 Å². The Morgan fingerprint density at radius 3 is 2.56 bits per heavy atom. The molecule has 0 aliphatic carbocycles. The van der Waals surface area contributed by atoms with E-state index in [4.69, 9.17) is 15.3 Å². The highest BCUT2D eigenvalue weighted by Crippen LogP contribution is 2.29. The van der Waals surface area contributed by atoms with Gasteiger partial charge in [0, 0.05) is 10.9 Å². The maximum Gasteiger partial charge on any atom is 0.371 e. The van der Waals surface area contributed by atoms with Gasteiger partial charge in [0.25, 0.3) is 0 Å². The summed E-state index contributed by atoms with van der Waals surface area (Å²) in [6.07, 6.45) is 1.64. The van der Waals surface area contributed by atoms with Crippen LogP contribution in [0.3, 0.4) is 0 Å². The summed E-state index contributed by atoms with van der Waals surface area (Å²) in [7, 11) is 0. The molecular weight excluding hydrogens is 230 g/mol. The van der Waals surface area contributed by atoms with Crippen LogP contribution in [-0.2, 0) is 5.54 Å². The Labute approximate surface area is 105 Å². The third-order valence-corrected chi connectivity index (χ3v) is 3.57. The lowest BCUT2D eigenvalue weighted by molar-refractivity contribution is 0.0665. The zero-order valence-electron chi connectivity index (χ0n) is 10.6. The standard InChI is InChI=1S/C14H17NO3/c1-3-14(15,4-2)10-6-5-9-7-12(13(16)17)18-11(9)8-10/h5-8H,3-4,15H2,1-2H3,(H,16,17). The van der Waals surface area contributed by atoms with E-state index in [1.165, 1.54) is 6.07 Å². The lowest BCUT2D eigenvalue weighted by Crippen LogP contribution is -2.34. The van der Waals surface area contributed by atoms with E-state index in [1.54, 1.807) is 0 Å². The fourth-order valence-electron chi connectivity index (χ4n) is 2.10. The van der Waals surface area contributed by atoms with Gasteiger partial charge in [0.15, 0.2) is 0 Å². The number of benzene rings is 1. The average molecular weight is 247 g/mol. The third kappa shape index (κ3) is 1.99. The van der Waals surface area contributed by atoms with Gasteiger partial charge in [0.1, 0.15) is 5.58 Å². The van der Waals surface area contributed by atoms with Gasteiger partial charge in [0.2, 0.25) is 5.76 Å². The van der Waals surface area contributed by atoms with Crippen molar-refractivity contribution < 1.29 is 14.3 Å². The summed E-state index contributed by atoms with van der Waals surface area (Å²) in [4.78, 5) is 10.8. The van der Waals surface area contributed by atoms with Gasteiger partial charge in [0.05, 0.1) is 0 Å². The zero-order chi connectivity index (χ0) is 13.3. The van der Waals surface area contributed by atoms with E-state index >= 15 is 0 Å². The molecule has 2 rings (SSSR count). The van der Waals surface area contributed by atoms with Gasteiger partial charge >= 0.3 is 5.97 Å². The lowest BCUT2D eigenvalue weighted by Gasteiger charge is -2.27. The van der Waals surface area contributed by atoms with E-state index in [0.29, 0.717) is 5.58 Å². The molecule has 0 fully saturated rings. The van der Waals surface area contributed by atoms with Gasteiger partial charge in [-0.2, -0.15) is 0 Å². The molecule has 18 heavy (non-hydrogen) atoms. The number of hydrogen-bond acceptors (Lipinski definition) is 3. The Kier molecular flexibility index (Phi) is 3.13. The maximum atomic E-state index is 10.8. The molecule has 4 heteroatoms. The topological polar surface area (TPSA) is 76.5 Å². The number of rotatable bonds is 4. The molecule has 4 nitrogen and oxygen atoms in total. The van der Waals surface area contributed by atoms with E-state index in [2.05, 4.69) is 0 Å². The highest BCUT2D eigenvalue weighted by Gasteiger charge is 2.23. The van der Waals surface area contributed by atoms with E-state index in [0.717, 1.165) is 23.8 Å². The van der Waals surface area contributed by atoms with Crippen LogP contribution in [0.25, 0.3) is 11.0 Å². The second kappa shape index (κ2) is 4.46. The average Bonchev–Trinajstić information content (AvgIpc) is 2.80. The first-order valence-electron chi connectivity index (χ1n) is 6.06. The number of aromatic carboxylic acids is 1. The van der Waals surface area contributed by atoms with Crippen molar-refractivity contribution in [3.63, 3.8) is 0 Å². The fraction of sp³-hybridized carbons (Fsp3) is 0.357. The molecule has 0 atom stereocenters. The maximum absolute atomic E-state index is 10.8. The van der Waals surface area contributed by atoms with Crippen molar-refractivity contribution in [3.05, 3.63) is 35.6 Å². The van der Waals surface area contributed by atoms with Crippen molar-refractivity contribution in [2.45, 2.75) is 32.2 Å². The number of carboxylic acid groups (broad SMARTS) is 1. The summed E-state index contributed by atoms with van der Waals surface area (Å²) in [5.74, 6) is -1.10. The molecule has 0 aliphatic rings. The minimum Gasteiger partial charge on any atom is -0.475 e. The van der Waals surface area contributed by atoms with Gasteiger partial charge < -0.3 is 15.3 Å². The number of nitrogens with two attached hydrogens (primary N) is 1. The molecule has 96 valence electrons. The van der Waals surface area contributed by atoms with E-state index in [1.807, 2.05) is 32.0 Å². The molecule has 1 aromatic heterocycles. The minimum absolute atomic E-state index is 0.0437. The highest BCUT2D eigenvalue weighted by atomic mass is 16.4. The molecule has 0 saturated heterocycles. The summed E-state index contributed by atoms with van der Waals surface area (Å²) in [5, 5.41) is 9.67. The van der Waals surface area contributed by atoms with Crippen molar-refractivity contribution in [3.8, 4) is 0 Å². The van der Waals surface area contributed by atoms with Crippen LogP contribution in [0.2, 0.25) is 0 Å². The first-order chi connectivity index (χ1) is 8.50. The van der Waals surface area contributed by atoms with Crippen LogP contribution in [-0.4, -0.2) is 11.1 Å². The van der Waals surface area contributed by atoms with Crippen LogP contribution in [0.4, 0.5) is 0 Å². The largest absolute Gasteiger partial charge is 0.475 e. The first kappa shape index (κ1) is 12.6. The molecule has 0 spiro atoms. The van der Waals surface area contributed by atoms with Crippen molar-refractivity contribution in [1.29, 1.82) is 0 Å². The third-order valence-electron chi connectivity index (χ3n) is 3.57. The summed E-state index contributed by atoms with van der Waals surface area (Å²) >= 11 is 0. The highest BCUT2D eigenvalue weighted by molar-refractivity contribution is 5.91. The smallest absolute Gasteiger partial charge is 0.371 e. The summed E-state index contributed by atoms with van der Waals surface area (Å²) in [6.45, 7) is 4.08. The molecule has 0 radical (unpaired) electrons. The van der Waals surface area contributed by atoms with Crippen LogP contribution in [0, 0.1) is 0 Å². The van der Waals surface area contributed by atoms with E-state index in [-0.39, 0.29) is 11.3 Å². The van der Waals surface area contributed by atoms with Crippen molar-refractivity contribution >= 4 is 16.9 Å². The predicted octanol–water partition coefficient (Wildman–Crippen LogP) is 3.11.